The molecule has 0 aliphatic carbocycles. The van der Waals surface area contributed by atoms with Crippen LogP contribution in [0, 0.1) is 0 Å². The molecule has 150 valence electrons. The summed E-state index contributed by atoms with van der Waals surface area (Å²) in [5.41, 5.74) is 7.89. The van der Waals surface area contributed by atoms with Crippen molar-refractivity contribution in [3.63, 3.8) is 0 Å². The monoisotopic (exact) mass is 412 g/mol. The number of rotatable bonds is 2. The van der Waals surface area contributed by atoms with Crippen LogP contribution < -0.4 is 0 Å². The van der Waals surface area contributed by atoms with E-state index in [1.807, 2.05) is 24.4 Å². The normalized spacial score (nSPS) is 11.8. The lowest BCUT2D eigenvalue weighted by molar-refractivity contribution is 1.04. The number of para-hydroxylation sites is 2. The van der Waals surface area contributed by atoms with Crippen LogP contribution >= 0.6 is 0 Å². The molecule has 0 saturated carbocycles. The first-order valence-electron chi connectivity index (χ1n) is 10.4. The Labute approximate surface area is 182 Å². The Hall–Kier alpha value is -4.58. The zero-order valence-electron chi connectivity index (χ0n) is 16.9. The van der Waals surface area contributed by atoms with Gasteiger partial charge in [0.1, 0.15) is 23.2 Å². The Balaban J connectivity index is 1.71. The molecule has 2 aromatic carbocycles. The van der Waals surface area contributed by atoms with Crippen LogP contribution in [0.5, 0.6) is 0 Å². The second kappa shape index (κ2) is 6.46. The Morgan fingerprint density at radius 1 is 0.562 bits per heavy atom. The maximum Gasteiger partial charge on any atom is 0.141 e. The summed E-state index contributed by atoms with van der Waals surface area (Å²) < 4.78 is 4.38. The van der Waals surface area contributed by atoms with Gasteiger partial charge in [0, 0.05) is 23.5 Å². The molecule has 0 spiro atoms. The van der Waals surface area contributed by atoms with Crippen molar-refractivity contribution in [3.8, 4) is 11.5 Å². The van der Waals surface area contributed by atoms with Crippen molar-refractivity contribution in [2.75, 3.05) is 0 Å². The van der Waals surface area contributed by atoms with E-state index >= 15 is 0 Å². The van der Waals surface area contributed by atoms with Gasteiger partial charge >= 0.3 is 0 Å². The first-order valence-corrected chi connectivity index (χ1v) is 10.4. The van der Waals surface area contributed by atoms with Crippen LogP contribution in [0.1, 0.15) is 0 Å². The molecule has 7 aromatic rings. The molecule has 0 radical (unpaired) electrons. The molecule has 0 fully saturated rings. The average molecular weight is 412 g/mol. The fourth-order valence-corrected chi connectivity index (χ4v) is 4.61. The van der Waals surface area contributed by atoms with E-state index < -0.39 is 0 Å². The SMILES string of the molecule is c1ccc(-n2c3ccccc3c3nc4c5ncccc5n(-c5ccncn5)c4cc32)cc1. The second-order valence-corrected chi connectivity index (χ2v) is 7.69. The minimum Gasteiger partial charge on any atom is -0.308 e. The fraction of sp³-hybridized carbons (Fsp3) is 0. The average Bonchev–Trinajstić information content (AvgIpc) is 3.36. The summed E-state index contributed by atoms with van der Waals surface area (Å²) in [5.74, 6) is 0.788. The predicted molar refractivity (Wildman–Crippen MR) is 126 cm³/mol. The van der Waals surface area contributed by atoms with E-state index in [0.717, 1.165) is 55.5 Å². The number of fused-ring (bicyclic) bond motifs is 6. The molecule has 7 rings (SSSR count). The number of benzene rings is 2. The van der Waals surface area contributed by atoms with Gasteiger partial charge in [0.2, 0.25) is 0 Å². The van der Waals surface area contributed by atoms with Gasteiger partial charge in [-0.15, -0.1) is 0 Å². The van der Waals surface area contributed by atoms with Crippen LogP contribution in [-0.4, -0.2) is 29.1 Å². The predicted octanol–water partition coefficient (Wildman–Crippen LogP) is 5.46. The highest BCUT2D eigenvalue weighted by atomic mass is 15.1. The van der Waals surface area contributed by atoms with Gasteiger partial charge in [-0.25, -0.2) is 15.0 Å². The first-order chi connectivity index (χ1) is 15.9. The Morgan fingerprint density at radius 3 is 2.25 bits per heavy atom. The summed E-state index contributed by atoms with van der Waals surface area (Å²) in [4.78, 5) is 18.5. The summed E-state index contributed by atoms with van der Waals surface area (Å²) in [6.07, 6.45) is 5.13. The lowest BCUT2D eigenvalue weighted by atomic mass is 10.2. The maximum absolute atomic E-state index is 5.18. The number of nitrogens with zero attached hydrogens (tertiary/aromatic N) is 6. The van der Waals surface area contributed by atoms with Crippen LogP contribution in [0.15, 0.2) is 97.6 Å². The standard InChI is InChI=1S/C26H16N6/c1-2-7-17(8-3-1)31-19-10-5-4-9-18(19)24-21(31)15-22-26(30-24)25-20(11-6-13-28-25)32(22)23-12-14-27-16-29-23/h1-16H. The van der Waals surface area contributed by atoms with E-state index in [1.165, 1.54) is 0 Å². The zero-order chi connectivity index (χ0) is 21.1. The molecule has 0 bridgehead atoms. The molecular weight excluding hydrogens is 396 g/mol. The van der Waals surface area contributed by atoms with E-state index in [0.29, 0.717) is 0 Å². The van der Waals surface area contributed by atoms with Crippen molar-refractivity contribution >= 4 is 44.0 Å². The summed E-state index contributed by atoms with van der Waals surface area (Å²) in [5, 5.41) is 1.12. The van der Waals surface area contributed by atoms with E-state index in [-0.39, 0.29) is 0 Å². The molecule has 0 atom stereocenters. The van der Waals surface area contributed by atoms with Crippen molar-refractivity contribution in [1.29, 1.82) is 0 Å². The highest BCUT2D eigenvalue weighted by Crippen LogP contribution is 2.36. The summed E-state index contributed by atoms with van der Waals surface area (Å²) in [6.45, 7) is 0. The molecular formula is C26H16N6. The molecule has 0 aliphatic rings. The van der Waals surface area contributed by atoms with Gasteiger partial charge in [-0.05, 0) is 42.5 Å². The van der Waals surface area contributed by atoms with Crippen molar-refractivity contribution < 1.29 is 0 Å². The Kier molecular flexibility index (Phi) is 3.46. The van der Waals surface area contributed by atoms with Gasteiger partial charge < -0.3 is 4.57 Å². The molecule has 32 heavy (non-hydrogen) atoms. The highest BCUT2D eigenvalue weighted by molar-refractivity contribution is 6.14. The van der Waals surface area contributed by atoms with Crippen LogP contribution in [0.3, 0.4) is 0 Å². The maximum atomic E-state index is 5.18. The summed E-state index contributed by atoms with van der Waals surface area (Å²) in [6, 6.07) is 26.9. The summed E-state index contributed by atoms with van der Waals surface area (Å²) in [7, 11) is 0. The van der Waals surface area contributed by atoms with Crippen molar-refractivity contribution in [2.45, 2.75) is 0 Å². The fourth-order valence-electron chi connectivity index (χ4n) is 4.61. The van der Waals surface area contributed by atoms with Gasteiger partial charge in [-0.2, -0.15) is 0 Å². The Morgan fingerprint density at radius 2 is 1.38 bits per heavy atom. The van der Waals surface area contributed by atoms with Gasteiger partial charge in [0.15, 0.2) is 0 Å². The minimum atomic E-state index is 0.788. The summed E-state index contributed by atoms with van der Waals surface area (Å²) >= 11 is 0. The minimum absolute atomic E-state index is 0.788. The number of hydrogen-bond acceptors (Lipinski definition) is 4. The molecule has 5 heterocycles. The van der Waals surface area contributed by atoms with E-state index in [9.17, 15) is 0 Å². The van der Waals surface area contributed by atoms with Gasteiger partial charge in [-0.1, -0.05) is 36.4 Å². The lowest BCUT2D eigenvalue weighted by Gasteiger charge is -2.08. The largest absolute Gasteiger partial charge is 0.308 e. The quantitative estimate of drug-likeness (QED) is 0.378. The van der Waals surface area contributed by atoms with Crippen LogP contribution in [0.4, 0.5) is 0 Å². The van der Waals surface area contributed by atoms with Crippen molar-refractivity contribution in [1.82, 2.24) is 29.1 Å². The molecule has 0 aliphatic heterocycles. The topological polar surface area (TPSA) is 61.4 Å². The van der Waals surface area contributed by atoms with Crippen molar-refractivity contribution in [2.24, 2.45) is 0 Å². The second-order valence-electron chi connectivity index (χ2n) is 7.69. The number of aromatic nitrogens is 6. The smallest absolute Gasteiger partial charge is 0.141 e. The molecule has 6 nitrogen and oxygen atoms in total. The van der Waals surface area contributed by atoms with E-state index in [4.69, 9.17) is 4.98 Å². The van der Waals surface area contributed by atoms with Gasteiger partial charge in [0.25, 0.3) is 0 Å². The van der Waals surface area contributed by atoms with E-state index in [2.05, 4.69) is 84.7 Å². The van der Waals surface area contributed by atoms with Crippen LogP contribution in [-0.2, 0) is 0 Å². The molecule has 5 aromatic heterocycles. The zero-order valence-corrected chi connectivity index (χ0v) is 16.9. The third-order valence-corrected chi connectivity index (χ3v) is 5.93. The molecule has 0 N–H and O–H groups in total. The lowest BCUT2D eigenvalue weighted by Crippen LogP contribution is -1.98. The van der Waals surface area contributed by atoms with Crippen LogP contribution in [0.25, 0.3) is 55.5 Å². The first kappa shape index (κ1) is 17.1. The number of hydrogen-bond donors (Lipinski definition) is 0. The van der Waals surface area contributed by atoms with Gasteiger partial charge in [-0.3, -0.25) is 9.55 Å². The molecule has 0 unspecified atom stereocenters. The highest BCUT2D eigenvalue weighted by Gasteiger charge is 2.20. The molecule has 0 amide bonds. The third kappa shape index (κ3) is 2.29. The van der Waals surface area contributed by atoms with Crippen molar-refractivity contribution in [3.05, 3.63) is 97.6 Å². The van der Waals surface area contributed by atoms with E-state index in [1.54, 1.807) is 12.5 Å². The van der Waals surface area contributed by atoms with Gasteiger partial charge in [0.05, 0.1) is 27.6 Å². The molecule has 0 saturated heterocycles. The Bertz CT molecular complexity index is 1640. The van der Waals surface area contributed by atoms with Crippen LogP contribution in [0.2, 0.25) is 0 Å². The molecule has 6 heteroatoms. The third-order valence-electron chi connectivity index (χ3n) is 5.93. The number of pyridine rings is 2.